The molecule has 2 amide bonds. The van der Waals surface area contributed by atoms with Crippen molar-refractivity contribution in [2.24, 2.45) is 0 Å². The second-order valence-electron chi connectivity index (χ2n) is 6.54. The van der Waals surface area contributed by atoms with E-state index in [4.69, 9.17) is 0 Å². The molecule has 138 valence electrons. The fraction of sp³-hybridized carbons (Fsp3) is 0.556. The van der Waals surface area contributed by atoms with Crippen molar-refractivity contribution in [2.45, 2.75) is 25.8 Å². The number of hydrogen-bond donors (Lipinski definition) is 0. The third-order valence-electron chi connectivity index (χ3n) is 4.17. The molecule has 2 rings (SSSR count). The summed E-state index contributed by atoms with van der Waals surface area (Å²) in [4.78, 5) is 29.8. The number of nitrogens with zero attached hydrogens (tertiary/aromatic N) is 3. The topological polar surface area (TPSA) is 43.9 Å². The van der Waals surface area contributed by atoms with Crippen molar-refractivity contribution in [2.75, 3.05) is 40.3 Å². The lowest BCUT2D eigenvalue weighted by atomic mass is 10.1. The van der Waals surface area contributed by atoms with E-state index < -0.39 is 12.8 Å². The molecule has 7 heteroatoms. The summed E-state index contributed by atoms with van der Waals surface area (Å²) in [5.74, 6) is -0.319. The molecule has 25 heavy (non-hydrogen) atoms. The molecule has 0 bridgehead atoms. The van der Waals surface area contributed by atoms with Gasteiger partial charge in [-0.2, -0.15) is 0 Å². The summed E-state index contributed by atoms with van der Waals surface area (Å²) in [7, 11) is 3.94. The highest BCUT2D eigenvalue weighted by atomic mass is 19.3. The number of piperazine rings is 1. The summed E-state index contributed by atoms with van der Waals surface area (Å²) in [5, 5.41) is 0. The van der Waals surface area contributed by atoms with Gasteiger partial charge in [0, 0.05) is 51.1 Å². The molecule has 1 heterocycles. The molecule has 0 N–H and O–H groups in total. The van der Waals surface area contributed by atoms with Gasteiger partial charge in [0.2, 0.25) is 12.3 Å². The average Bonchev–Trinajstić information content (AvgIpc) is 2.59. The van der Waals surface area contributed by atoms with Crippen LogP contribution in [-0.4, -0.2) is 73.2 Å². The fourth-order valence-electron chi connectivity index (χ4n) is 2.90. The minimum atomic E-state index is -2.46. The van der Waals surface area contributed by atoms with E-state index in [1.54, 1.807) is 15.9 Å². The molecule has 5 nitrogen and oxygen atoms in total. The molecular formula is C18H25F2N3O2. The largest absolute Gasteiger partial charge is 0.339 e. The molecule has 1 fully saturated rings. The smallest absolute Gasteiger partial charge is 0.253 e. The highest BCUT2D eigenvalue weighted by Gasteiger charge is 2.25. The average molecular weight is 353 g/mol. The summed E-state index contributed by atoms with van der Waals surface area (Å²) >= 11 is 0. The first-order valence-corrected chi connectivity index (χ1v) is 8.45. The van der Waals surface area contributed by atoms with Crippen LogP contribution in [0.25, 0.3) is 0 Å². The Hall–Kier alpha value is -2.02. The zero-order valence-corrected chi connectivity index (χ0v) is 14.8. The number of benzene rings is 1. The van der Waals surface area contributed by atoms with Gasteiger partial charge in [0.05, 0.1) is 0 Å². The summed E-state index contributed by atoms with van der Waals surface area (Å²) < 4.78 is 24.4. The minimum absolute atomic E-state index is 0.0553. The van der Waals surface area contributed by atoms with Crippen LogP contribution in [0.2, 0.25) is 0 Å². The molecule has 1 aliphatic heterocycles. The first kappa shape index (κ1) is 19.3. The highest BCUT2D eigenvalue weighted by molar-refractivity contribution is 5.94. The molecule has 0 aliphatic carbocycles. The van der Waals surface area contributed by atoms with Crippen LogP contribution in [0.15, 0.2) is 24.3 Å². The zero-order chi connectivity index (χ0) is 18.4. The number of alkyl halides is 2. The maximum Gasteiger partial charge on any atom is 0.253 e. The summed E-state index contributed by atoms with van der Waals surface area (Å²) in [6, 6.07) is 7.54. The van der Waals surface area contributed by atoms with Crippen molar-refractivity contribution in [3.05, 3.63) is 35.4 Å². The van der Waals surface area contributed by atoms with Gasteiger partial charge in [0.1, 0.15) is 0 Å². The predicted molar refractivity (Wildman–Crippen MR) is 91.6 cm³/mol. The summed E-state index contributed by atoms with van der Waals surface area (Å²) in [6.07, 6.45) is -3.00. The van der Waals surface area contributed by atoms with Crippen molar-refractivity contribution in [3.63, 3.8) is 0 Å². The standard InChI is InChI=1S/C18H25F2N3O2/c1-21(2)13-14-4-3-5-15(12-14)18(25)23-10-8-22(9-11-23)17(24)7-6-16(19)20/h3-5,12,16H,6-11,13H2,1-2H3. The molecule has 0 atom stereocenters. The Labute approximate surface area is 147 Å². The SMILES string of the molecule is CN(C)Cc1cccc(C(=O)N2CCN(C(=O)CCC(F)F)CC2)c1. The third-order valence-corrected chi connectivity index (χ3v) is 4.17. The Balaban J connectivity index is 1.90. The van der Waals surface area contributed by atoms with Crippen LogP contribution in [0, 0.1) is 0 Å². The molecule has 0 radical (unpaired) electrons. The van der Waals surface area contributed by atoms with E-state index in [1.807, 2.05) is 37.2 Å². The van der Waals surface area contributed by atoms with Gasteiger partial charge in [-0.3, -0.25) is 9.59 Å². The van der Waals surface area contributed by atoms with E-state index >= 15 is 0 Å². The molecule has 0 saturated carbocycles. The molecule has 0 spiro atoms. The van der Waals surface area contributed by atoms with Gasteiger partial charge in [0.25, 0.3) is 5.91 Å². The van der Waals surface area contributed by atoms with E-state index in [1.165, 1.54) is 0 Å². The van der Waals surface area contributed by atoms with Crippen LogP contribution in [0.1, 0.15) is 28.8 Å². The van der Waals surface area contributed by atoms with Gasteiger partial charge in [0.15, 0.2) is 0 Å². The van der Waals surface area contributed by atoms with Gasteiger partial charge in [-0.25, -0.2) is 8.78 Å². The van der Waals surface area contributed by atoms with E-state index in [0.717, 1.165) is 12.1 Å². The molecule has 1 aromatic rings. The molecule has 0 aromatic heterocycles. The van der Waals surface area contributed by atoms with Gasteiger partial charge < -0.3 is 14.7 Å². The molecule has 1 aliphatic rings. The second-order valence-corrected chi connectivity index (χ2v) is 6.54. The lowest BCUT2D eigenvalue weighted by Crippen LogP contribution is -2.50. The van der Waals surface area contributed by atoms with Crippen LogP contribution in [-0.2, 0) is 11.3 Å². The van der Waals surface area contributed by atoms with Crippen LogP contribution in [0.3, 0.4) is 0 Å². The van der Waals surface area contributed by atoms with Gasteiger partial charge in [-0.05, 0) is 31.8 Å². The van der Waals surface area contributed by atoms with E-state index in [2.05, 4.69) is 0 Å². The molecular weight excluding hydrogens is 328 g/mol. The Morgan fingerprint density at radius 2 is 1.76 bits per heavy atom. The lowest BCUT2D eigenvalue weighted by molar-refractivity contribution is -0.133. The first-order valence-electron chi connectivity index (χ1n) is 8.45. The quantitative estimate of drug-likeness (QED) is 0.787. The first-order chi connectivity index (χ1) is 11.9. The van der Waals surface area contributed by atoms with Crippen molar-refractivity contribution in [1.82, 2.24) is 14.7 Å². The number of halogens is 2. The van der Waals surface area contributed by atoms with Crippen molar-refractivity contribution < 1.29 is 18.4 Å². The van der Waals surface area contributed by atoms with Gasteiger partial charge >= 0.3 is 0 Å². The van der Waals surface area contributed by atoms with Crippen LogP contribution in [0.5, 0.6) is 0 Å². The van der Waals surface area contributed by atoms with Crippen LogP contribution in [0.4, 0.5) is 8.78 Å². The molecule has 0 unspecified atom stereocenters. The second kappa shape index (κ2) is 8.89. The van der Waals surface area contributed by atoms with Crippen molar-refractivity contribution >= 4 is 11.8 Å². The number of amides is 2. The fourth-order valence-corrected chi connectivity index (χ4v) is 2.90. The Morgan fingerprint density at radius 1 is 1.12 bits per heavy atom. The Bertz CT molecular complexity index is 600. The van der Waals surface area contributed by atoms with Gasteiger partial charge in [-0.1, -0.05) is 12.1 Å². The maximum atomic E-state index is 12.6. The Kier molecular flexibility index (Phi) is 6.87. The molecule has 1 saturated heterocycles. The van der Waals surface area contributed by atoms with E-state index in [0.29, 0.717) is 31.7 Å². The monoisotopic (exact) mass is 353 g/mol. The zero-order valence-electron chi connectivity index (χ0n) is 14.8. The normalized spacial score (nSPS) is 15.1. The van der Waals surface area contributed by atoms with Crippen molar-refractivity contribution in [1.29, 1.82) is 0 Å². The van der Waals surface area contributed by atoms with Crippen LogP contribution >= 0.6 is 0 Å². The minimum Gasteiger partial charge on any atom is -0.339 e. The maximum absolute atomic E-state index is 12.6. The van der Waals surface area contributed by atoms with Crippen molar-refractivity contribution in [3.8, 4) is 0 Å². The third kappa shape index (κ3) is 5.77. The van der Waals surface area contributed by atoms with E-state index in [-0.39, 0.29) is 18.2 Å². The number of carbonyl (C=O) groups excluding carboxylic acids is 2. The van der Waals surface area contributed by atoms with Gasteiger partial charge in [-0.15, -0.1) is 0 Å². The summed E-state index contributed by atoms with van der Waals surface area (Å²) in [6.45, 7) is 2.40. The summed E-state index contributed by atoms with van der Waals surface area (Å²) in [5.41, 5.74) is 1.70. The Morgan fingerprint density at radius 3 is 2.36 bits per heavy atom. The van der Waals surface area contributed by atoms with Crippen LogP contribution < -0.4 is 0 Å². The number of hydrogen-bond acceptors (Lipinski definition) is 3. The lowest BCUT2D eigenvalue weighted by Gasteiger charge is -2.35. The number of carbonyl (C=O) groups is 2. The predicted octanol–water partition coefficient (Wildman–Crippen LogP) is 2.08. The number of rotatable bonds is 6. The molecule has 1 aromatic carbocycles. The van der Waals surface area contributed by atoms with E-state index in [9.17, 15) is 18.4 Å². The highest BCUT2D eigenvalue weighted by Crippen LogP contribution is 2.13.